The minimum absolute atomic E-state index is 0.190. The van der Waals surface area contributed by atoms with Crippen molar-refractivity contribution in [2.45, 2.75) is 46.1 Å². The van der Waals surface area contributed by atoms with Crippen LogP contribution in [0.4, 0.5) is 5.69 Å². The Kier molecular flexibility index (Phi) is 4.25. The van der Waals surface area contributed by atoms with Crippen LogP contribution in [0.1, 0.15) is 39.5 Å². The maximum Gasteiger partial charge on any atom is 0.287 e. The van der Waals surface area contributed by atoms with Gasteiger partial charge in [-0.2, -0.15) is 5.10 Å². The maximum atomic E-state index is 12.2. The molecule has 0 amide bonds. The van der Waals surface area contributed by atoms with Crippen molar-refractivity contribution in [3.8, 4) is 0 Å². The van der Waals surface area contributed by atoms with E-state index in [4.69, 9.17) is 11.6 Å². The zero-order valence-corrected chi connectivity index (χ0v) is 13.6. The number of hydrogen-bond acceptors (Lipinski definition) is 3. The minimum atomic E-state index is -0.190. The van der Waals surface area contributed by atoms with Gasteiger partial charge in [-0.25, -0.2) is 4.68 Å². The van der Waals surface area contributed by atoms with Crippen molar-refractivity contribution in [1.82, 2.24) is 9.78 Å². The Balaban J connectivity index is 1.67. The summed E-state index contributed by atoms with van der Waals surface area (Å²) in [5, 5.41) is 7.88. The monoisotopic (exact) mass is 309 g/mol. The van der Waals surface area contributed by atoms with Crippen LogP contribution in [-0.2, 0) is 6.54 Å². The molecule has 1 aromatic rings. The van der Waals surface area contributed by atoms with Gasteiger partial charge in [-0.05, 0) is 49.4 Å². The van der Waals surface area contributed by atoms with E-state index < -0.39 is 0 Å². The standard InChI is InChI=1S/C16H24ClN3O/c1-10(2)9-20-16(21)15(17)14(8-19-20)18-7-13(11-3-4-11)12-5-6-12/h8,10-13,18H,3-7,9H2,1-2H3. The number of aromatic nitrogens is 2. The van der Waals surface area contributed by atoms with Crippen molar-refractivity contribution < 1.29 is 0 Å². The van der Waals surface area contributed by atoms with Crippen molar-refractivity contribution in [3.63, 3.8) is 0 Å². The molecule has 0 spiro atoms. The Morgan fingerprint density at radius 1 is 1.33 bits per heavy atom. The number of rotatable bonds is 7. The summed E-state index contributed by atoms with van der Waals surface area (Å²) in [4.78, 5) is 12.2. The van der Waals surface area contributed by atoms with Crippen LogP contribution in [0.3, 0.4) is 0 Å². The van der Waals surface area contributed by atoms with E-state index >= 15 is 0 Å². The fourth-order valence-electron chi connectivity index (χ4n) is 3.06. The van der Waals surface area contributed by atoms with Crippen LogP contribution >= 0.6 is 11.6 Å². The molecule has 0 aliphatic heterocycles. The largest absolute Gasteiger partial charge is 0.382 e. The third-order valence-corrected chi connectivity index (χ3v) is 4.87. The molecule has 0 saturated heterocycles. The molecular weight excluding hydrogens is 286 g/mol. The van der Waals surface area contributed by atoms with Crippen LogP contribution in [-0.4, -0.2) is 16.3 Å². The second-order valence-electron chi connectivity index (χ2n) is 6.97. The topological polar surface area (TPSA) is 46.9 Å². The van der Waals surface area contributed by atoms with Gasteiger partial charge in [0.25, 0.3) is 5.56 Å². The first kappa shape index (κ1) is 14.9. The summed E-state index contributed by atoms with van der Waals surface area (Å²) in [5.74, 6) is 2.90. The van der Waals surface area contributed by atoms with E-state index in [0.717, 1.165) is 24.3 Å². The van der Waals surface area contributed by atoms with Gasteiger partial charge < -0.3 is 5.32 Å². The molecule has 2 aliphatic rings. The van der Waals surface area contributed by atoms with Gasteiger partial charge in [-0.1, -0.05) is 25.4 Å². The summed E-state index contributed by atoms with van der Waals surface area (Å²) in [5.41, 5.74) is 0.498. The highest BCUT2D eigenvalue weighted by Crippen LogP contribution is 2.49. The Morgan fingerprint density at radius 3 is 2.48 bits per heavy atom. The predicted molar refractivity (Wildman–Crippen MR) is 85.8 cm³/mol. The molecule has 2 aliphatic carbocycles. The van der Waals surface area contributed by atoms with Crippen molar-refractivity contribution in [2.75, 3.05) is 11.9 Å². The molecule has 1 N–H and O–H groups in total. The normalized spacial score (nSPS) is 18.5. The second kappa shape index (κ2) is 5.99. The number of hydrogen-bond donors (Lipinski definition) is 1. The minimum Gasteiger partial charge on any atom is -0.382 e. The summed E-state index contributed by atoms with van der Waals surface area (Å²) < 4.78 is 1.46. The van der Waals surface area contributed by atoms with E-state index in [9.17, 15) is 4.79 Å². The molecule has 0 atom stereocenters. The molecule has 116 valence electrons. The highest BCUT2D eigenvalue weighted by molar-refractivity contribution is 6.32. The average Bonchev–Trinajstić information content (AvgIpc) is 3.30. The number of nitrogens with zero attached hydrogens (tertiary/aromatic N) is 2. The Morgan fingerprint density at radius 2 is 1.95 bits per heavy atom. The van der Waals surface area contributed by atoms with E-state index in [-0.39, 0.29) is 10.6 Å². The fourth-order valence-corrected chi connectivity index (χ4v) is 3.27. The summed E-state index contributed by atoms with van der Waals surface area (Å²) in [6.07, 6.45) is 7.16. The van der Waals surface area contributed by atoms with Crippen molar-refractivity contribution in [2.24, 2.45) is 23.7 Å². The highest BCUT2D eigenvalue weighted by atomic mass is 35.5. The molecule has 1 aromatic heterocycles. The second-order valence-corrected chi connectivity index (χ2v) is 7.35. The maximum absolute atomic E-state index is 12.2. The van der Waals surface area contributed by atoms with Crippen LogP contribution < -0.4 is 10.9 Å². The van der Waals surface area contributed by atoms with E-state index in [1.165, 1.54) is 30.4 Å². The zero-order chi connectivity index (χ0) is 15.0. The van der Waals surface area contributed by atoms with Crippen molar-refractivity contribution in [3.05, 3.63) is 21.6 Å². The first-order chi connectivity index (χ1) is 10.1. The van der Waals surface area contributed by atoms with E-state index in [1.807, 2.05) is 0 Å². The van der Waals surface area contributed by atoms with Gasteiger partial charge >= 0.3 is 0 Å². The lowest BCUT2D eigenvalue weighted by Gasteiger charge is -2.18. The van der Waals surface area contributed by atoms with E-state index in [0.29, 0.717) is 18.2 Å². The lowest BCUT2D eigenvalue weighted by Crippen LogP contribution is -2.27. The quantitative estimate of drug-likeness (QED) is 0.839. The summed E-state index contributed by atoms with van der Waals surface area (Å²) >= 11 is 6.22. The average molecular weight is 310 g/mol. The molecule has 2 fully saturated rings. The van der Waals surface area contributed by atoms with Crippen molar-refractivity contribution in [1.29, 1.82) is 0 Å². The Bertz CT molecular complexity index is 549. The molecule has 0 bridgehead atoms. The van der Waals surface area contributed by atoms with E-state index in [1.54, 1.807) is 6.20 Å². The lowest BCUT2D eigenvalue weighted by molar-refractivity contribution is 0.427. The van der Waals surface area contributed by atoms with Gasteiger partial charge in [0.15, 0.2) is 0 Å². The summed E-state index contributed by atoms with van der Waals surface area (Å²) in [6.45, 7) is 5.64. The van der Waals surface area contributed by atoms with Gasteiger partial charge in [0.1, 0.15) is 5.02 Å². The molecule has 1 heterocycles. The van der Waals surface area contributed by atoms with Gasteiger partial charge in [-0.3, -0.25) is 4.79 Å². The van der Waals surface area contributed by atoms with Gasteiger partial charge in [-0.15, -0.1) is 0 Å². The number of halogens is 1. The highest BCUT2D eigenvalue weighted by Gasteiger charge is 2.41. The molecule has 21 heavy (non-hydrogen) atoms. The Labute approximate surface area is 130 Å². The SMILES string of the molecule is CC(C)Cn1ncc(NCC(C2CC2)C2CC2)c(Cl)c1=O. The molecule has 0 radical (unpaired) electrons. The fraction of sp³-hybridized carbons (Fsp3) is 0.750. The summed E-state index contributed by atoms with van der Waals surface area (Å²) in [6, 6.07) is 0. The van der Waals surface area contributed by atoms with Crippen molar-refractivity contribution >= 4 is 17.3 Å². The molecule has 0 aromatic carbocycles. The smallest absolute Gasteiger partial charge is 0.287 e. The lowest BCUT2D eigenvalue weighted by atomic mass is 9.98. The zero-order valence-electron chi connectivity index (χ0n) is 12.8. The van der Waals surface area contributed by atoms with E-state index in [2.05, 4.69) is 24.3 Å². The molecule has 3 rings (SSSR count). The number of nitrogens with one attached hydrogen (secondary N) is 1. The predicted octanol–water partition coefficient (Wildman–Crippen LogP) is 3.40. The van der Waals surface area contributed by atoms with Crippen LogP contribution in [0.5, 0.6) is 0 Å². The number of anilines is 1. The van der Waals surface area contributed by atoms with Crippen LogP contribution in [0.15, 0.2) is 11.0 Å². The molecular formula is C16H24ClN3O. The Hall–Kier alpha value is -1.03. The van der Waals surface area contributed by atoms with Crippen LogP contribution in [0.2, 0.25) is 5.02 Å². The van der Waals surface area contributed by atoms with Gasteiger partial charge in [0.05, 0.1) is 11.9 Å². The first-order valence-electron chi connectivity index (χ1n) is 8.05. The van der Waals surface area contributed by atoms with Crippen LogP contribution in [0, 0.1) is 23.7 Å². The molecule has 5 heteroatoms. The molecule has 4 nitrogen and oxygen atoms in total. The van der Waals surface area contributed by atoms with Gasteiger partial charge in [0.2, 0.25) is 0 Å². The molecule has 0 unspecified atom stereocenters. The van der Waals surface area contributed by atoms with Gasteiger partial charge in [0, 0.05) is 13.1 Å². The molecule has 2 saturated carbocycles. The third-order valence-electron chi connectivity index (χ3n) is 4.51. The third kappa shape index (κ3) is 3.60. The summed E-state index contributed by atoms with van der Waals surface area (Å²) in [7, 11) is 0. The van der Waals surface area contributed by atoms with Crippen LogP contribution in [0.25, 0.3) is 0 Å². The first-order valence-corrected chi connectivity index (χ1v) is 8.43.